The van der Waals surface area contributed by atoms with Crippen molar-refractivity contribution in [2.24, 2.45) is 0 Å². The molecule has 1 aromatic carbocycles. The second-order valence-electron chi connectivity index (χ2n) is 3.93. The molecule has 3 heteroatoms. The van der Waals surface area contributed by atoms with Gasteiger partial charge < -0.3 is 10.4 Å². The molecule has 0 aliphatic carbocycles. The molecule has 81 valence electrons. The highest BCUT2D eigenvalue weighted by atomic mass is 16.3. The van der Waals surface area contributed by atoms with Crippen molar-refractivity contribution in [3.8, 4) is 0 Å². The van der Waals surface area contributed by atoms with E-state index in [1.807, 2.05) is 30.3 Å². The SMILES string of the molecule is OC[C@@H](NC1CC[N]C1)c1ccccc1. The summed E-state index contributed by atoms with van der Waals surface area (Å²) in [7, 11) is 0. The average Bonchev–Trinajstić information content (AvgIpc) is 2.80. The van der Waals surface area contributed by atoms with E-state index in [4.69, 9.17) is 0 Å². The maximum Gasteiger partial charge on any atom is 0.0626 e. The van der Waals surface area contributed by atoms with Crippen molar-refractivity contribution < 1.29 is 5.11 Å². The second-order valence-corrected chi connectivity index (χ2v) is 3.93. The largest absolute Gasteiger partial charge is 0.394 e. The van der Waals surface area contributed by atoms with Crippen LogP contribution in [0.2, 0.25) is 0 Å². The maximum absolute atomic E-state index is 9.35. The summed E-state index contributed by atoms with van der Waals surface area (Å²) >= 11 is 0. The van der Waals surface area contributed by atoms with Crippen LogP contribution in [0.25, 0.3) is 0 Å². The Hall–Kier alpha value is -0.900. The van der Waals surface area contributed by atoms with Crippen LogP contribution in [-0.2, 0) is 0 Å². The fourth-order valence-corrected chi connectivity index (χ4v) is 1.95. The highest BCUT2D eigenvalue weighted by molar-refractivity contribution is 5.19. The monoisotopic (exact) mass is 205 g/mol. The summed E-state index contributed by atoms with van der Waals surface area (Å²) in [5, 5.41) is 17.1. The zero-order valence-corrected chi connectivity index (χ0v) is 8.76. The Kier molecular flexibility index (Phi) is 3.72. The van der Waals surface area contributed by atoms with Gasteiger partial charge in [-0.25, -0.2) is 5.32 Å². The normalized spacial score (nSPS) is 22.9. The molecule has 1 fully saturated rings. The first kappa shape index (κ1) is 10.6. The van der Waals surface area contributed by atoms with Crippen molar-refractivity contribution in [2.45, 2.75) is 18.5 Å². The van der Waals surface area contributed by atoms with Gasteiger partial charge in [-0.3, -0.25) is 0 Å². The van der Waals surface area contributed by atoms with Crippen LogP contribution < -0.4 is 10.6 Å². The lowest BCUT2D eigenvalue weighted by Gasteiger charge is -2.20. The van der Waals surface area contributed by atoms with Crippen molar-refractivity contribution in [1.29, 1.82) is 0 Å². The minimum Gasteiger partial charge on any atom is -0.394 e. The van der Waals surface area contributed by atoms with Crippen LogP contribution in [0.15, 0.2) is 30.3 Å². The molecule has 1 aliphatic rings. The predicted octanol–water partition coefficient (Wildman–Crippen LogP) is 0.686. The first-order valence-electron chi connectivity index (χ1n) is 5.45. The zero-order valence-electron chi connectivity index (χ0n) is 8.76. The number of aliphatic hydroxyl groups excluding tert-OH is 1. The van der Waals surface area contributed by atoms with Crippen molar-refractivity contribution in [2.75, 3.05) is 19.7 Å². The quantitative estimate of drug-likeness (QED) is 0.759. The molecule has 1 aromatic rings. The van der Waals surface area contributed by atoms with Crippen molar-refractivity contribution in [3.05, 3.63) is 35.9 Å². The molecule has 2 rings (SSSR count). The number of nitrogens with zero attached hydrogens (tertiary/aromatic N) is 1. The standard InChI is InChI=1S/C12H17N2O/c15-9-12(10-4-2-1-3-5-10)14-11-6-7-13-8-11/h1-5,11-12,14-15H,6-9H2/t11?,12-/m1/s1. The molecule has 0 bridgehead atoms. The molecule has 2 N–H and O–H groups in total. The molecule has 2 atom stereocenters. The molecule has 15 heavy (non-hydrogen) atoms. The van der Waals surface area contributed by atoms with Crippen molar-refractivity contribution in [3.63, 3.8) is 0 Å². The number of rotatable bonds is 4. The van der Waals surface area contributed by atoms with Crippen LogP contribution in [0, 0.1) is 0 Å². The lowest BCUT2D eigenvalue weighted by molar-refractivity contribution is 0.235. The minimum absolute atomic E-state index is 0.0458. The molecule has 3 nitrogen and oxygen atoms in total. The molecular formula is C12H17N2O. The first-order chi connectivity index (χ1) is 7.40. The maximum atomic E-state index is 9.35. The number of aliphatic hydroxyl groups is 1. The van der Waals surface area contributed by atoms with Gasteiger partial charge in [-0.1, -0.05) is 30.3 Å². The summed E-state index contributed by atoms with van der Waals surface area (Å²) < 4.78 is 0. The van der Waals surface area contributed by atoms with Gasteiger partial charge in [0, 0.05) is 19.1 Å². The summed E-state index contributed by atoms with van der Waals surface area (Å²) in [6, 6.07) is 10.5. The van der Waals surface area contributed by atoms with Crippen LogP contribution >= 0.6 is 0 Å². The van der Waals surface area contributed by atoms with Crippen LogP contribution in [-0.4, -0.2) is 30.8 Å². The van der Waals surface area contributed by atoms with E-state index in [1.54, 1.807) is 0 Å². The number of hydrogen-bond acceptors (Lipinski definition) is 2. The summed E-state index contributed by atoms with van der Waals surface area (Å²) in [6.45, 7) is 1.97. The van der Waals surface area contributed by atoms with E-state index >= 15 is 0 Å². The highest BCUT2D eigenvalue weighted by Gasteiger charge is 2.19. The summed E-state index contributed by atoms with van der Waals surface area (Å²) in [6.07, 6.45) is 1.09. The van der Waals surface area contributed by atoms with Crippen molar-refractivity contribution >= 4 is 0 Å². The van der Waals surface area contributed by atoms with E-state index in [0.717, 1.165) is 25.1 Å². The molecule has 1 heterocycles. The van der Waals surface area contributed by atoms with Crippen LogP contribution in [0.5, 0.6) is 0 Å². The Morgan fingerprint density at radius 2 is 2.20 bits per heavy atom. The second kappa shape index (κ2) is 5.26. The minimum atomic E-state index is 0.0458. The summed E-state index contributed by atoms with van der Waals surface area (Å²) in [4.78, 5) is 0. The zero-order chi connectivity index (χ0) is 10.5. The van der Waals surface area contributed by atoms with Crippen LogP contribution in [0.3, 0.4) is 0 Å². The smallest absolute Gasteiger partial charge is 0.0626 e. The lowest BCUT2D eigenvalue weighted by Crippen LogP contribution is -2.35. The van der Waals surface area contributed by atoms with E-state index in [-0.39, 0.29) is 12.6 Å². The van der Waals surface area contributed by atoms with E-state index in [1.165, 1.54) is 0 Å². The average molecular weight is 205 g/mol. The third-order valence-electron chi connectivity index (χ3n) is 2.81. The topological polar surface area (TPSA) is 46.4 Å². The Morgan fingerprint density at radius 1 is 1.40 bits per heavy atom. The number of nitrogens with one attached hydrogen (secondary N) is 1. The van der Waals surface area contributed by atoms with E-state index < -0.39 is 0 Å². The van der Waals surface area contributed by atoms with Crippen molar-refractivity contribution in [1.82, 2.24) is 10.6 Å². The number of hydrogen-bond donors (Lipinski definition) is 2. The van der Waals surface area contributed by atoms with E-state index in [9.17, 15) is 5.11 Å². The van der Waals surface area contributed by atoms with Gasteiger partial charge in [-0.2, -0.15) is 0 Å². The Labute approximate surface area is 90.5 Å². The van der Waals surface area contributed by atoms with Gasteiger partial charge >= 0.3 is 0 Å². The summed E-state index contributed by atoms with van der Waals surface area (Å²) in [5.41, 5.74) is 1.15. The van der Waals surface area contributed by atoms with Gasteiger partial charge in [-0.05, 0) is 12.0 Å². The molecule has 0 saturated carbocycles. The van der Waals surface area contributed by atoms with Crippen LogP contribution in [0.1, 0.15) is 18.0 Å². The third kappa shape index (κ3) is 2.78. The van der Waals surface area contributed by atoms with Gasteiger partial charge in [0.25, 0.3) is 0 Å². The Morgan fingerprint density at radius 3 is 2.80 bits per heavy atom. The molecule has 0 aromatic heterocycles. The first-order valence-corrected chi connectivity index (χ1v) is 5.45. The third-order valence-corrected chi connectivity index (χ3v) is 2.81. The van der Waals surface area contributed by atoms with E-state index in [0.29, 0.717) is 6.04 Å². The molecule has 0 amide bonds. The van der Waals surface area contributed by atoms with Gasteiger partial charge in [-0.15, -0.1) is 0 Å². The fourth-order valence-electron chi connectivity index (χ4n) is 1.95. The fraction of sp³-hybridized carbons (Fsp3) is 0.500. The van der Waals surface area contributed by atoms with Gasteiger partial charge in [0.2, 0.25) is 0 Å². The molecule has 1 aliphatic heterocycles. The summed E-state index contributed by atoms with van der Waals surface area (Å²) in [5.74, 6) is 0. The molecule has 1 radical (unpaired) electrons. The predicted molar refractivity (Wildman–Crippen MR) is 59.7 cm³/mol. The van der Waals surface area contributed by atoms with Gasteiger partial charge in [0.1, 0.15) is 0 Å². The number of benzene rings is 1. The molecule has 1 saturated heterocycles. The van der Waals surface area contributed by atoms with Gasteiger partial charge in [0.15, 0.2) is 0 Å². The molecular weight excluding hydrogens is 188 g/mol. The highest BCUT2D eigenvalue weighted by Crippen LogP contribution is 2.14. The van der Waals surface area contributed by atoms with Crippen LogP contribution in [0.4, 0.5) is 0 Å². The van der Waals surface area contributed by atoms with Gasteiger partial charge in [0.05, 0.1) is 12.6 Å². The Bertz CT molecular complexity index is 283. The lowest BCUT2D eigenvalue weighted by atomic mass is 10.1. The molecule has 0 spiro atoms. The van der Waals surface area contributed by atoms with E-state index in [2.05, 4.69) is 10.6 Å². The Balaban J connectivity index is 1.97. The molecule has 1 unspecified atom stereocenters.